The first-order valence-corrected chi connectivity index (χ1v) is 7.92. The van der Waals surface area contributed by atoms with E-state index >= 15 is 0 Å². The molecule has 0 unspecified atom stereocenters. The van der Waals surface area contributed by atoms with Crippen LogP contribution in [-0.2, 0) is 10.2 Å². The first-order chi connectivity index (χ1) is 9.79. The van der Waals surface area contributed by atoms with Crippen LogP contribution in [-0.4, -0.2) is 25.2 Å². The van der Waals surface area contributed by atoms with Crippen molar-refractivity contribution in [3.8, 4) is 11.5 Å². The third-order valence-electron chi connectivity index (χ3n) is 2.88. The quantitative estimate of drug-likeness (QED) is 0.770. The number of hydrogen-bond acceptors (Lipinski definition) is 5. The number of anilines is 1. The maximum absolute atomic E-state index is 11.8. The molecule has 1 heterocycles. The lowest BCUT2D eigenvalue weighted by Gasteiger charge is -2.17. The summed E-state index contributed by atoms with van der Waals surface area (Å²) >= 11 is 0. The van der Waals surface area contributed by atoms with Crippen molar-refractivity contribution >= 4 is 15.9 Å². The minimum absolute atomic E-state index is 0.00796. The van der Waals surface area contributed by atoms with E-state index in [-0.39, 0.29) is 11.4 Å². The third-order valence-corrected chi connectivity index (χ3v) is 4.17. The molecular formula is C13H18N2O5S. The summed E-state index contributed by atoms with van der Waals surface area (Å²) in [6, 6.07) is 4.31. The van der Waals surface area contributed by atoms with Crippen molar-refractivity contribution in [1.29, 1.82) is 0 Å². The van der Waals surface area contributed by atoms with E-state index in [9.17, 15) is 18.6 Å². The number of nitrogens with one attached hydrogen (secondary N) is 1. The van der Waals surface area contributed by atoms with Crippen LogP contribution < -0.4 is 13.8 Å². The lowest BCUT2D eigenvalue weighted by molar-refractivity contribution is 0.289. The molecule has 1 aliphatic heterocycles. The number of ether oxygens (including phenoxy) is 1. The Morgan fingerprint density at radius 1 is 1.33 bits per heavy atom. The van der Waals surface area contributed by atoms with Gasteiger partial charge in [0.15, 0.2) is 0 Å². The summed E-state index contributed by atoms with van der Waals surface area (Å²) < 4.78 is 31.8. The van der Waals surface area contributed by atoms with Crippen molar-refractivity contribution in [2.45, 2.75) is 20.3 Å². The van der Waals surface area contributed by atoms with Crippen LogP contribution in [0.5, 0.6) is 11.5 Å². The SMILES string of the molecule is CC(C)CCOc1ccc(O)c(N2C=C(O)NS2(=O)=O)c1. The Balaban J connectivity index is 2.24. The molecule has 0 fully saturated rings. The monoisotopic (exact) mass is 314 g/mol. The summed E-state index contributed by atoms with van der Waals surface area (Å²) in [6.45, 7) is 4.64. The lowest BCUT2D eigenvalue weighted by atomic mass is 10.1. The van der Waals surface area contributed by atoms with Crippen LogP contribution in [0, 0.1) is 5.92 Å². The second-order valence-corrected chi connectivity index (χ2v) is 6.65. The largest absolute Gasteiger partial charge is 0.506 e. The van der Waals surface area contributed by atoms with E-state index in [2.05, 4.69) is 13.8 Å². The van der Waals surface area contributed by atoms with Crippen LogP contribution in [0.2, 0.25) is 0 Å². The van der Waals surface area contributed by atoms with Gasteiger partial charge in [-0.2, -0.15) is 8.42 Å². The Labute approximate surface area is 123 Å². The summed E-state index contributed by atoms with van der Waals surface area (Å²) in [5, 5.41) is 19.1. The third kappa shape index (κ3) is 3.52. The topological polar surface area (TPSA) is 99.1 Å². The summed E-state index contributed by atoms with van der Waals surface area (Å²) in [5.74, 6) is 0.186. The number of hydrogen-bond donors (Lipinski definition) is 3. The molecule has 7 nitrogen and oxygen atoms in total. The van der Waals surface area contributed by atoms with E-state index in [1.807, 2.05) is 4.72 Å². The molecule has 3 N–H and O–H groups in total. The summed E-state index contributed by atoms with van der Waals surface area (Å²) in [6.07, 6.45) is 1.84. The molecule has 0 radical (unpaired) electrons. The first kappa shape index (κ1) is 15.3. The molecule has 21 heavy (non-hydrogen) atoms. The molecule has 0 aromatic heterocycles. The van der Waals surface area contributed by atoms with Crippen molar-refractivity contribution in [2.75, 3.05) is 10.9 Å². The number of rotatable bonds is 5. The van der Waals surface area contributed by atoms with Crippen LogP contribution in [0.25, 0.3) is 0 Å². The van der Waals surface area contributed by atoms with Gasteiger partial charge in [0.1, 0.15) is 17.2 Å². The highest BCUT2D eigenvalue weighted by Gasteiger charge is 2.30. The lowest BCUT2D eigenvalue weighted by Crippen LogP contribution is -2.29. The van der Waals surface area contributed by atoms with Crippen molar-refractivity contribution in [1.82, 2.24) is 4.72 Å². The molecule has 0 aliphatic carbocycles. The van der Waals surface area contributed by atoms with Gasteiger partial charge in [-0.3, -0.25) is 0 Å². The number of benzene rings is 1. The number of phenolic OH excluding ortho intramolecular Hbond substituents is 1. The summed E-state index contributed by atoms with van der Waals surface area (Å²) in [5.41, 5.74) is 0.00796. The van der Waals surface area contributed by atoms with Gasteiger partial charge in [-0.1, -0.05) is 13.8 Å². The molecule has 2 rings (SSSR count). The Bertz CT molecular complexity index is 655. The molecule has 8 heteroatoms. The second-order valence-electron chi connectivity index (χ2n) is 5.10. The van der Waals surface area contributed by atoms with Gasteiger partial charge >= 0.3 is 10.2 Å². The fraction of sp³-hybridized carbons (Fsp3) is 0.385. The summed E-state index contributed by atoms with van der Waals surface area (Å²) in [7, 11) is -3.94. The van der Waals surface area contributed by atoms with E-state index in [0.29, 0.717) is 18.3 Å². The standard InChI is InChI=1S/C13H18N2O5S/c1-9(2)5-6-20-10-3-4-12(16)11(7-10)15-8-13(17)14-21(15,18)19/h3-4,7-9,14,16-17H,5-6H2,1-2H3. The zero-order chi connectivity index (χ0) is 15.6. The van der Waals surface area contributed by atoms with Crippen molar-refractivity contribution < 1.29 is 23.4 Å². The number of phenols is 1. The van der Waals surface area contributed by atoms with Gasteiger partial charge in [-0.15, -0.1) is 0 Å². The zero-order valence-electron chi connectivity index (χ0n) is 11.8. The van der Waals surface area contributed by atoms with E-state index in [1.165, 1.54) is 12.1 Å². The Kier molecular flexibility index (Phi) is 4.17. The molecular weight excluding hydrogens is 296 g/mol. The van der Waals surface area contributed by atoms with Gasteiger partial charge < -0.3 is 14.9 Å². The van der Waals surface area contributed by atoms with Crippen LogP contribution in [0.15, 0.2) is 30.3 Å². The molecule has 1 aromatic rings. The molecule has 1 aliphatic rings. The summed E-state index contributed by atoms with van der Waals surface area (Å²) in [4.78, 5) is 0. The van der Waals surface area contributed by atoms with Gasteiger partial charge in [0.25, 0.3) is 0 Å². The highest BCUT2D eigenvalue weighted by atomic mass is 32.2. The average Bonchev–Trinajstić information content (AvgIpc) is 2.64. The number of aromatic hydroxyl groups is 1. The minimum atomic E-state index is -3.94. The molecule has 0 bridgehead atoms. The van der Waals surface area contributed by atoms with Crippen LogP contribution in [0.3, 0.4) is 0 Å². The van der Waals surface area contributed by atoms with Gasteiger partial charge in [-0.25, -0.2) is 9.03 Å². The molecule has 0 spiro atoms. The fourth-order valence-electron chi connectivity index (χ4n) is 1.77. The minimum Gasteiger partial charge on any atom is -0.506 e. The van der Waals surface area contributed by atoms with E-state index < -0.39 is 16.1 Å². The predicted molar refractivity (Wildman–Crippen MR) is 78.3 cm³/mol. The zero-order valence-corrected chi connectivity index (χ0v) is 12.6. The van der Waals surface area contributed by atoms with Crippen molar-refractivity contribution in [2.24, 2.45) is 5.92 Å². The Hall–Kier alpha value is -2.09. The van der Waals surface area contributed by atoms with Crippen molar-refractivity contribution in [3.05, 3.63) is 30.3 Å². The smallest absolute Gasteiger partial charge is 0.330 e. The second kappa shape index (κ2) is 5.72. The highest BCUT2D eigenvalue weighted by Crippen LogP contribution is 2.34. The number of nitrogens with zero attached hydrogens (tertiary/aromatic N) is 1. The van der Waals surface area contributed by atoms with E-state index in [0.717, 1.165) is 16.9 Å². The Morgan fingerprint density at radius 2 is 2.05 bits per heavy atom. The van der Waals surface area contributed by atoms with Gasteiger partial charge in [0.05, 0.1) is 12.8 Å². The van der Waals surface area contributed by atoms with Gasteiger partial charge in [0, 0.05) is 6.07 Å². The van der Waals surface area contributed by atoms with Gasteiger partial charge in [0.2, 0.25) is 5.88 Å². The Morgan fingerprint density at radius 3 is 2.62 bits per heavy atom. The number of aliphatic hydroxyl groups excluding tert-OH is 1. The number of aliphatic hydroxyl groups is 1. The normalized spacial score (nSPS) is 16.7. The molecule has 116 valence electrons. The maximum Gasteiger partial charge on any atom is 0.330 e. The van der Waals surface area contributed by atoms with E-state index in [4.69, 9.17) is 4.74 Å². The average molecular weight is 314 g/mol. The molecule has 0 atom stereocenters. The molecule has 0 saturated heterocycles. The predicted octanol–water partition coefficient (Wildman–Crippen LogP) is 1.83. The van der Waals surface area contributed by atoms with Gasteiger partial charge in [-0.05, 0) is 24.5 Å². The molecule has 0 amide bonds. The van der Waals surface area contributed by atoms with Crippen LogP contribution in [0.4, 0.5) is 5.69 Å². The van der Waals surface area contributed by atoms with Crippen LogP contribution in [0.1, 0.15) is 20.3 Å². The van der Waals surface area contributed by atoms with Crippen LogP contribution >= 0.6 is 0 Å². The molecule has 0 saturated carbocycles. The maximum atomic E-state index is 11.8. The highest BCUT2D eigenvalue weighted by molar-refractivity contribution is 7.91. The van der Waals surface area contributed by atoms with E-state index in [1.54, 1.807) is 6.07 Å². The molecule has 1 aromatic carbocycles. The van der Waals surface area contributed by atoms with Crippen molar-refractivity contribution in [3.63, 3.8) is 0 Å². The first-order valence-electron chi connectivity index (χ1n) is 6.48. The fourth-order valence-corrected chi connectivity index (χ4v) is 2.83.